The van der Waals surface area contributed by atoms with Gasteiger partial charge in [-0.05, 0) is 49.6 Å². The number of pyridine rings is 1. The SMILES string of the molecule is COc1cccc(SCC(=O)N2CCCCC2c2ccccn2)c1. The fourth-order valence-corrected chi connectivity index (χ4v) is 3.86. The topological polar surface area (TPSA) is 42.4 Å². The first-order chi connectivity index (χ1) is 11.8. The van der Waals surface area contributed by atoms with Crippen LogP contribution >= 0.6 is 11.8 Å². The number of hydrogen-bond donors (Lipinski definition) is 0. The van der Waals surface area contributed by atoms with Crippen LogP contribution in [0.3, 0.4) is 0 Å². The average molecular weight is 342 g/mol. The number of likely N-dealkylation sites (tertiary alicyclic amines) is 1. The molecule has 1 aromatic carbocycles. The molecule has 2 aromatic rings. The number of amides is 1. The number of carbonyl (C=O) groups is 1. The zero-order chi connectivity index (χ0) is 16.8. The van der Waals surface area contributed by atoms with E-state index in [9.17, 15) is 4.79 Å². The minimum Gasteiger partial charge on any atom is -0.497 e. The molecule has 2 heterocycles. The number of carbonyl (C=O) groups excluding carboxylic acids is 1. The minimum atomic E-state index is 0.110. The summed E-state index contributed by atoms with van der Waals surface area (Å²) in [6, 6.07) is 13.9. The second-order valence-corrected chi connectivity index (χ2v) is 6.87. The molecule has 4 nitrogen and oxygen atoms in total. The summed E-state index contributed by atoms with van der Waals surface area (Å²) in [5.74, 6) is 1.44. The molecular weight excluding hydrogens is 320 g/mol. The Hall–Kier alpha value is -2.01. The van der Waals surface area contributed by atoms with Crippen molar-refractivity contribution >= 4 is 17.7 Å². The van der Waals surface area contributed by atoms with E-state index in [1.54, 1.807) is 25.1 Å². The lowest BCUT2D eigenvalue weighted by Crippen LogP contribution is -2.39. The van der Waals surface area contributed by atoms with Crippen LogP contribution in [-0.4, -0.2) is 35.2 Å². The Bertz CT molecular complexity index is 678. The van der Waals surface area contributed by atoms with Gasteiger partial charge in [0.2, 0.25) is 5.91 Å². The van der Waals surface area contributed by atoms with Crippen LogP contribution < -0.4 is 4.74 Å². The number of nitrogens with zero attached hydrogens (tertiary/aromatic N) is 2. The van der Waals surface area contributed by atoms with E-state index in [1.165, 1.54) is 0 Å². The Morgan fingerprint density at radius 2 is 2.21 bits per heavy atom. The maximum absolute atomic E-state index is 12.8. The lowest BCUT2D eigenvalue weighted by atomic mass is 9.99. The van der Waals surface area contributed by atoms with Gasteiger partial charge in [-0.3, -0.25) is 9.78 Å². The van der Waals surface area contributed by atoms with Crippen molar-refractivity contribution in [2.45, 2.75) is 30.2 Å². The van der Waals surface area contributed by atoms with Gasteiger partial charge in [0.1, 0.15) is 5.75 Å². The lowest BCUT2D eigenvalue weighted by Gasteiger charge is -2.35. The number of methoxy groups -OCH3 is 1. The molecule has 1 unspecified atom stereocenters. The zero-order valence-corrected chi connectivity index (χ0v) is 14.7. The highest BCUT2D eigenvalue weighted by molar-refractivity contribution is 8.00. The lowest BCUT2D eigenvalue weighted by molar-refractivity contribution is -0.132. The van der Waals surface area contributed by atoms with Crippen molar-refractivity contribution in [2.75, 3.05) is 19.4 Å². The first kappa shape index (κ1) is 16.8. The number of aromatic nitrogens is 1. The Morgan fingerprint density at radius 3 is 3.00 bits per heavy atom. The molecule has 0 bridgehead atoms. The van der Waals surface area contributed by atoms with Crippen molar-refractivity contribution in [1.29, 1.82) is 0 Å². The van der Waals surface area contributed by atoms with Crippen LogP contribution in [-0.2, 0) is 4.79 Å². The van der Waals surface area contributed by atoms with Gasteiger partial charge in [-0.25, -0.2) is 0 Å². The molecule has 0 N–H and O–H groups in total. The zero-order valence-electron chi connectivity index (χ0n) is 13.9. The quantitative estimate of drug-likeness (QED) is 0.772. The standard InChI is InChI=1S/C19H22N2O2S/c1-23-15-7-6-8-16(13-15)24-14-19(22)21-12-5-3-10-18(21)17-9-2-4-11-20-17/h2,4,6-9,11,13,18H,3,5,10,12,14H2,1H3. The molecule has 1 amide bonds. The van der Waals surface area contributed by atoms with Crippen LogP contribution in [0.4, 0.5) is 0 Å². The summed E-state index contributed by atoms with van der Waals surface area (Å²) >= 11 is 1.56. The molecule has 0 radical (unpaired) electrons. The van der Waals surface area contributed by atoms with Crippen LogP contribution in [0.2, 0.25) is 0 Å². The molecule has 0 aliphatic carbocycles. The highest BCUT2D eigenvalue weighted by Crippen LogP contribution is 2.31. The number of piperidine rings is 1. The van der Waals surface area contributed by atoms with E-state index >= 15 is 0 Å². The van der Waals surface area contributed by atoms with Crippen molar-refractivity contribution in [3.05, 3.63) is 54.4 Å². The molecule has 1 fully saturated rings. The van der Waals surface area contributed by atoms with Gasteiger partial charge in [-0.1, -0.05) is 12.1 Å². The summed E-state index contributed by atoms with van der Waals surface area (Å²) < 4.78 is 5.24. The highest BCUT2D eigenvalue weighted by atomic mass is 32.2. The Labute approximate surface area is 147 Å². The first-order valence-corrected chi connectivity index (χ1v) is 9.24. The maximum Gasteiger partial charge on any atom is 0.233 e. The van der Waals surface area contributed by atoms with Gasteiger partial charge in [-0.15, -0.1) is 11.8 Å². The van der Waals surface area contributed by atoms with Crippen LogP contribution in [0.5, 0.6) is 5.75 Å². The molecule has 1 aliphatic rings. The van der Waals surface area contributed by atoms with E-state index in [1.807, 2.05) is 47.4 Å². The van der Waals surface area contributed by atoms with E-state index in [4.69, 9.17) is 4.74 Å². The van der Waals surface area contributed by atoms with E-state index in [0.29, 0.717) is 5.75 Å². The van der Waals surface area contributed by atoms with Crippen molar-refractivity contribution < 1.29 is 9.53 Å². The number of thioether (sulfide) groups is 1. The second kappa shape index (κ2) is 8.20. The van der Waals surface area contributed by atoms with Crippen molar-refractivity contribution in [2.24, 2.45) is 0 Å². The van der Waals surface area contributed by atoms with Gasteiger partial charge in [0, 0.05) is 17.6 Å². The summed E-state index contributed by atoms with van der Waals surface area (Å²) in [6.45, 7) is 0.818. The first-order valence-electron chi connectivity index (χ1n) is 8.25. The molecule has 126 valence electrons. The molecule has 5 heteroatoms. The molecule has 0 spiro atoms. The molecule has 24 heavy (non-hydrogen) atoms. The maximum atomic E-state index is 12.8. The third-order valence-corrected chi connectivity index (χ3v) is 5.23. The largest absolute Gasteiger partial charge is 0.497 e. The fourth-order valence-electron chi connectivity index (χ4n) is 3.03. The summed E-state index contributed by atoms with van der Waals surface area (Å²) in [4.78, 5) is 20.3. The number of ether oxygens (including phenoxy) is 1. The van der Waals surface area contributed by atoms with Crippen LogP contribution in [0.25, 0.3) is 0 Å². The van der Waals surface area contributed by atoms with Gasteiger partial charge in [0.15, 0.2) is 0 Å². The van der Waals surface area contributed by atoms with Gasteiger partial charge in [0.25, 0.3) is 0 Å². The Balaban J connectivity index is 1.66. The van der Waals surface area contributed by atoms with E-state index in [0.717, 1.165) is 42.1 Å². The smallest absolute Gasteiger partial charge is 0.233 e. The summed E-state index contributed by atoms with van der Waals surface area (Å²) in [6.07, 6.45) is 5.01. The van der Waals surface area contributed by atoms with Crippen molar-refractivity contribution in [1.82, 2.24) is 9.88 Å². The van der Waals surface area contributed by atoms with Gasteiger partial charge >= 0.3 is 0 Å². The van der Waals surface area contributed by atoms with Gasteiger partial charge in [0.05, 0.1) is 24.6 Å². The van der Waals surface area contributed by atoms with Crippen LogP contribution in [0, 0.1) is 0 Å². The molecule has 0 saturated carbocycles. The molecule has 1 aliphatic heterocycles. The normalized spacial score (nSPS) is 17.5. The number of rotatable bonds is 5. The van der Waals surface area contributed by atoms with E-state index < -0.39 is 0 Å². The predicted octanol–water partition coefficient (Wildman–Crippen LogP) is 3.94. The predicted molar refractivity (Wildman–Crippen MR) is 96.3 cm³/mol. The van der Waals surface area contributed by atoms with Crippen molar-refractivity contribution in [3.63, 3.8) is 0 Å². The van der Waals surface area contributed by atoms with E-state index in [2.05, 4.69) is 4.98 Å². The van der Waals surface area contributed by atoms with E-state index in [-0.39, 0.29) is 11.9 Å². The van der Waals surface area contributed by atoms with Gasteiger partial charge in [-0.2, -0.15) is 0 Å². The van der Waals surface area contributed by atoms with Crippen LogP contribution in [0.1, 0.15) is 31.0 Å². The van der Waals surface area contributed by atoms with Gasteiger partial charge < -0.3 is 9.64 Å². The number of hydrogen-bond acceptors (Lipinski definition) is 4. The monoisotopic (exact) mass is 342 g/mol. The third-order valence-electron chi connectivity index (χ3n) is 4.26. The second-order valence-electron chi connectivity index (χ2n) is 5.82. The summed E-state index contributed by atoms with van der Waals surface area (Å²) in [5.41, 5.74) is 0.997. The van der Waals surface area contributed by atoms with Crippen molar-refractivity contribution in [3.8, 4) is 5.75 Å². The van der Waals surface area contributed by atoms with Crippen LogP contribution in [0.15, 0.2) is 53.6 Å². The highest BCUT2D eigenvalue weighted by Gasteiger charge is 2.28. The molecule has 1 saturated heterocycles. The molecule has 1 aromatic heterocycles. The molecule has 3 rings (SSSR count). The molecular formula is C19H22N2O2S. The minimum absolute atomic E-state index is 0.110. The third kappa shape index (κ3) is 4.09. The molecule has 1 atom stereocenters. The fraction of sp³-hybridized carbons (Fsp3) is 0.368. The summed E-state index contributed by atoms with van der Waals surface area (Å²) in [7, 11) is 1.65. The number of benzene rings is 1. The summed E-state index contributed by atoms with van der Waals surface area (Å²) in [5, 5.41) is 0. The Kier molecular flexibility index (Phi) is 5.75. The average Bonchev–Trinajstić information content (AvgIpc) is 2.67. The Morgan fingerprint density at radius 1 is 1.29 bits per heavy atom.